The number of alkyl halides is 3. The van der Waals surface area contributed by atoms with Crippen molar-refractivity contribution in [2.75, 3.05) is 11.4 Å². The fraction of sp³-hybridized carbons (Fsp3) is 0.333. The fourth-order valence-corrected chi connectivity index (χ4v) is 2.07. The molecule has 22 heavy (non-hydrogen) atoms. The molecule has 0 saturated heterocycles. The Labute approximate surface area is 121 Å². The summed E-state index contributed by atoms with van der Waals surface area (Å²) in [5.41, 5.74) is -0.374. The van der Waals surface area contributed by atoms with E-state index < -0.39 is 29.5 Å². The minimum atomic E-state index is -5.10. The molecule has 0 saturated carbocycles. The maximum atomic E-state index is 12.7. The molecule has 0 aliphatic carbocycles. The first-order valence-electron chi connectivity index (χ1n) is 6.13. The highest BCUT2D eigenvalue weighted by molar-refractivity contribution is 5.99. The van der Waals surface area contributed by atoms with Crippen molar-refractivity contribution in [3.05, 3.63) is 33.9 Å². The van der Waals surface area contributed by atoms with Gasteiger partial charge in [-0.2, -0.15) is 13.2 Å². The van der Waals surface area contributed by atoms with Gasteiger partial charge in [-0.3, -0.25) is 19.7 Å². The molecular formula is C12H10F3N3O4. The minimum absolute atomic E-state index is 0.0693. The number of nitrogens with zero attached hydrogens (tertiary/aromatic N) is 2. The Balaban J connectivity index is 2.50. The van der Waals surface area contributed by atoms with Crippen LogP contribution in [0.1, 0.15) is 12.0 Å². The summed E-state index contributed by atoms with van der Waals surface area (Å²) in [6, 6.07) is 3.13. The van der Waals surface area contributed by atoms with Crippen LogP contribution >= 0.6 is 0 Å². The lowest BCUT2D eigenvalue weighted by Crippen LogP contribution is -2.45. The van der Waals surface area contributed by atoms with E-state index >= 15 is 0 Å². The van der Waals surface area contributed by atoms with E-state index in [-0.39, 0.29) is 29.9 Å². The highest BCUT2D eigenvalue weighted by Gasteiger charge is 2.43. The van der Waals surface area contributed by atoms with Crippen molar-refractivity contribution in [3.8, 4) is 0 Å². The van der Waals surface area contributed by atoms with E-state index in [1.165, 1.54) is 0 Å². The summed E-state index contributed by atoms with van der Waals surface area (Å²) in [5.74, 6) is -2.66. The highest BCUT2D eigenvalue weighted by Crippen LogP contribution is 2.30. The number of amides is 2. The number of carbonyl (C=O) groups is 2. The van der Waals surface area contributed by atoms with Crippen LogP contribution in [0.15, 0.2) is 18.2 Å². The molecule has 1 heterocycles. The Morgan fingerprint density at radius 2 is 2.05 bits per heavy atom. The average molecular weight is 317 g/mol. The van der Waals surface area contributed by atoms with Gasteiger partial charge < -0.3 is 10.2 Å². The van der Waals surface area contributed by atoms with Gasteiger partial charge in [-0.1, -0.05) is 0 Å². The Hall–Kier alpha value is -2.65. The van der Waals surface area contributed by atoms with Gasteiger partial charge >= 0.3 is 12.1 Å². The molecule has 10 heteroatoms. The van der Waals surface area contributed by atoms with Crippen molar-refractivity contribution in [2.24, 2.45) is 0 Å². The van der Waals surface area contributed by atoms with Gasteiger partial charge in [0.2, 0.25) is 5.91 Å². The zero-order valence-electron chi connectivity index (χ0n) is 11.0. The van der Waals surface area contributed by atoms with Crippen LogP contribution in [0, 0.1) is 10.1 Å². The zero-order chi connectivity index (χ0) is 16.5. The number of benzene rings is 1. The second kappa shape index (κ2) is 5.62. The standard InChI is InChI=1S/C12H10F3N3O4/c13-12(14,15)11(20)17-4-3-10(19)16-6-7-5-8(18(21)22)1-2-9(7)17/h1-2,5H,3-4,6H2,(H,16,19). The first-order valence-corrected chi connectivity index (χ1v) is 6.13. The maximum absolute atomic E-state index is 12.7. The van der Waals surface area contributed by atoms with Crippen LogP contribution in [0.2, 0.25) is 0 Å². The molecule has 1 aromatic carbocycles. The number of rotatable bonds is 1. The summed E-state index contributed by atoms with van der Waals surface area (Å²) in [5, 5.41) is 13.2. The largest absolute Gasteiger partial charge is 0.471 e. The number of fused-ring (bicyclic) bond motifs is 1. The van der Waals surface area contributed by atoms with Crippen molar-refractivity contribution < 1.29 is 27.7 Å². The van der Waals surface area contributed by atoms with Gasteiger partial charge in [0.05, 0.1) is 4.92 Å². The van der Waals surface area contributed by atoms with E-state index in [1.54, 1.807) is 0 Å². The number of hydrogen-bond acceptors (Lipinski definition) is 4. The average Bonchev–Trinajstić information content (AvgIpc) is 2.42. The van der Waals surface area contributed by atoms with E-state index in [9.17, 15) is 32.9 Å². The number of hydrogen-bond donors (Lipinski definition) is 1. The predicted octanol–water partition coefficient (Wildman–Crippen LogP) is 1.51. The molecule has 7 nitrogen and oxygen atoms in total. The third-order valence-corrected chi connectivity index (χ3v) is 3.09. The SMILES string of the molecule is O=C1CCN(C(=O)C(F)(F)F)c2ccc([N+](=O)[O-])cc2CN1. The maximum Gasteiger partial charge on any atom is 0.471 e. The van der Waals surface area contributed by atoms with Crippen molar-refractivity contribution in [1.82, 2.24) is 5.32 Å². The minimum Gasteiger partial charge on any atom is -0.352 e. The number of halogens is 3. The van der Waals surface area contributed by atoms with Gasteiger partial charge in [0.15, 0.2) is 0 Å². The van der Waals surface area contributed by atoms with Gasteiger partial charge in [0.25, 0.3) is 5.69 Å². The Kier molecular flexibility index (Phi) is 4.02. The van der Waals surface area contributed by atoms with Crippen molar-refractivity contribution in [1.29, 1.82) is 0 Å². The quantitative estimate of drug-likeness (QED) is 0.627. The molecule has 118 valence electrons. The summed E-state index contributed by atoms with van der Waals surface area (Å²) in [7, 11) is 0. The Morgan fingerprint density at radius 3 is 2.64 bits per heavy atom. The predicted molar refractivity (Wildman–Crippen MR) is 68.0 cm³/mol. The lowest BCUT2D eigenvalue weighted by atomic mass is 10.1. The van der Waals surface area contributed by atoms with E-state index in [4.69, 9.17) is 0 Å². The number of nitrogens with one attached hydrogen (secondary N) is 1. The Bertz CT molecular complexity index is 645. The zero-order valence-corrected chi connectivity index (χ0v) is 11.0. The van der Waals surface area contributed by atoms with Gasteiger partial charge in [0.1, 0.15) is 0 Å². The normalized spacial score (nSPS) is 15.4. The summed E-state index contributed by atoms with van der Waals surface area (Å²) in [6.45, 7) is -0.660. The van der Waals surface area contributed by atoms with Gasteiger partial charge in [0, 0.05) is 42.9 Å². The molecule has 1 aliphatic heterocycles. The smallest absolute Gasteiger partial charge is 0.352 e. The third-order valence-electron chi connectivity index (χ3n) is 3.09. The molecule has 1 aromatic rings. The van der Waals surface area contributed by atoms with Crippen LogP contribution in [0.3, 0.4) is 0 Å². The van der Waals surface area contributed by atoms with E-state index in [2.05, 4.69) is 5.32 Å². The molecule has 2 amide bonds. The van der Waals surface area contributed by atoms with Crippen molar-refractivity contribution >= 4 is 23.2 Å². The van der Waals surface area contributed by atoms with Crippen LogP contribution < -0.4 is 10.2 Å². The Morgan fingerprint density at radius 1 is 1.36 bits per heavy atom. The summed E-state index contributed by atoms with van der Waals surface area (Å²) in [4.78, 5) is 33.4. The first-order chi connectivity index (χ1) is 10.2. The van der Waals surface area contributed by atoms with Gasteiger partial charge in [-0.15, -0.1) is 0 Å². The van der Waals surface area contributed by atoms with Gasteiger partial charge in [-0.05, 0) is 6.07 Å². The van der Waals surface area contributed by atoms with Crippen molar-refractivity contribution in [3.63, 3.8) is 0 Å². The van der Waals surface area contributed by atoms with Crippen LogP contribution in [-0.4, -0.2) is 29.5 Å². The molecule has 1 aliphatic rings. The van der Waals surface area contributed by atoms with E-state index in [0.29, 0.717) is 4.90 Å². The van der Waals surface area contributed by atoms with Crippen LogP contribution in [-0.2, 0) is 16.1 Å². The molecule has 0 spiro atoms. The molecule has 0 aromatic heterocycles. The number of non-ortho nitro benzene ring substituents is 1. The molecule has 0 unspecified atom stereocenters. The number of carbonyl (C=O) groups excluding carboxylic acids is 2. The summed E-state index contributed by atoms with van der Waals surface area (Å²) < 4.78 is 38.0. The van der Waals surface area contributed by atoms with Crippen LogP contribution in [0.25, 0.3) is 0 Å². The molecule has 2 rings (SSSR count). The molecule has 1 N–H and O–H groups in total. The van der Waals surface area contributed by atoms with Crippen LogP contribution in [0.5, 0.6) is 0 Å². The topological polar surface area (TPSA) is 92.5 Å². The molecule has 0 fully saturated rings. The van der Waals surface area contributed by atoms with E-state index in [1.807, 2.05) is 0 Å². The third kappa shape index (κ3) is 3.15. The van der Waals surface area contributed by atoms with Crippen LogP contribution in [0.4, 0.5) is 24.5 Å². The summed E-state index contributed by atoms with van der Waals surface area (Å²) >= 11 is 0. The second-order valence-corrected chi connectivity index (χ2v) is 4.55. The highest BCUT2D eigenvalue weighted by atomic mass is 19.4. The van der Waals surface area contributed by atoms with Gasteiger partial charge in [-0.25, -0.2) is 0 Å². The number of anilines is 1. The second-order valence-electron chi connectivity index (χ2n) is 4.55. The van der Waals surface area contributed by atoms with E-state index in [0.717, 1.165) is 18.2 Å². The molecule has 0 atom stereocenters. The molecule has 0 bridgehead atoms. The summed E-state index contributed by atoms with van der Waals surface area (Å²) in [6.07, 6.45) is -5.40. The first kappa shape index (κ1) is 15.7. The number of nitro benzene ring substituents is 1. The fourth-order valence-electron chi connectivity index (χ4n) is 2.07. The van der Waals surface area contributed by atoms with Crippen molar-refractivity contribution in [2.45, 2.75) is 19.1 Å². The monoisotopic (exact) mass is 317 g/mol. The lowest BCUT2D eigenvalue weighted by Gasteiger charge is -2.27. The molecular weight excluding hydrogens is 307 g/mol. The lowest BCUT2D eigenvalue weighted by molar-refractivity contribution is -0.384. The number of nitro groups is 1. The molecule has 0 radical (unpaired) electrons.